The van der Waals surface area contributed by atoms with Crippen LogP contribution < -0.4 is 0 Å². The van der Waals surface area contributed by atoms with Gasteiger partial charge in [0.25, 0.3) is 0 Å². The summed E-state index contributed by atoms with van der Waals surface area (Å²) in [6, 6.07) is 0. The number of rotatable bonds is 17. The number of aliphatic hydroxyl groups excluding tert-OH is 17. The van der Waals surface area contributed by atoms with Crippen LogP contribution in [0.4, 0.5) is 0 Å². The molecule has 26 heteroatoms. The van der Waals surface area contributed by atoms with Crippen LogP contribution in [0.2, 0.25) is 0 Å². The van der Waals surface area contributed by atoms with Crippen LogP contribution >= 0.6 is 0 Å². The van der Waals surface area contributed by atoms with Gasteiger partial charge in [-0.15, -0.1) is 0 Å². The lowest BCUT2D eigenvalue weighted by Crippen LogP contribution is -2.65. The maximum absolute atomic E-state index is 11.5. The molecule has 17 N–H and O–H groups in total. The second kappa shape index (κ2) is 20.8. The number of aldehydes is 1. The van der Waals surface area contributed by atoms with Crippen molar-refractivity contribution in [1.82, 2.24) is 0 Å². The van der Waals surface area contributed by atoms with E-state index < -0.39 is 180 Å². The first kappa shape index (κ1) is 47.3. The Balaban J connectivity index is 1.51. The SMILES string of the molecule is O=C[C@@H](O)[C@@H](O[C@H]1O[C@H](CO)[C@@H](O)[C@H](O)[C@@H]1O)[C@H](O)[C@H](O)CO[C@H]1O[C@H](CO[C@H]2O[C@H](CO)[C@@H](O)[C@H](O)[C@@H]2O)[C@@H](O)[C@H](O[C@H]2O[C@H](CO)[C@@H](O)[C@H](O)[C@@H]2O)[C@@H]1O. The fraction of sp³-hybridized carbons (Fsp3) is 0.967. The van der Waals surface area contributed by atoms with E-state index in [1.807, 2.05) is 0 Å². The van der Waals surface area contributed by atoms with E-state index in [0.717, 1.165) is 0 Å². The van der Waals surface area contributed by atoms with Crippen molar-refractivity contribution >= 4 is 6.29 Å². The second-order valence-corrected chi connectivity index (χ2v) is 13.7. The Labute approximate surface area is 316 Å². The number of aliphatic hydroxyl groups is 17. The molecule has 0 radical (unpaired) electrons. The summed E-state index contributed by atoms with van der Waals surface area (Å²) < 4.78 is 43.0. The quantitative estimate of drug-likeness (QED) is 0.0605. The maximum Gasteiger partial charge on any atom is 0.187 e. The average Bonchev–Trinajstić information content (AvgIpc) is 3.19. The largest absolute Gasteiger partial charge is 0.394 e. The molecule has 26 nitrogen and oxygen atoms in total. The summed E-state index contributed by atoms with van der Waals surface area (Å²) in [5.74, 6) is 0. The van der Waals surface area contributed by atoms with Crippen molar-refractivity contribution in [3.63, 3.8) is 0 Å². The van der Waals surface area contributed by atoms with Crippen molar-refractivity contribution in [2.75, 3.05) is 33.0 Å². The van der Waals surface area contributed by atoms with Crippen LogP contribution in [0, 0.1) is 0 Å². The Hall–Kier alpha value is -1.33. The van der Waals surface area contributed by atoms with Crippen LogP contribution in [0.5, 0.6) is 0 Å². The molecule has 0 saturated carbocycles. The molecule has 4 heterocycles. The summed E-state index contributed by atoms with van der Waals surface area (Å²) >= 11 is 0. The number of hydrogen-bond acceptors (Lipinski definition) is 26. The Morgan fingerprint density at radius 1 is 0.500 bits per heavy atom. The predicted molar refractivity (Wildman–Crippen MR) is 168 cm³/mol. The van der Waals surface area contributed by atoms with Crippen molar-refractivity contribution in [3.05, 3.63) is 0 Å². The van der Waals surface area contributed by atoms with Crippen LogP contribution in [0.25, 0.3) is 0 Å². The summed E-state index contributed by atoms with van der Waals surface area (Å²) in [4.78, 5) is 11.5. The van der Waals surface area contributed by atoms with Crippen molar-refractivity contribution in [1.29, 1.82) is 0 Å². The zero-order valence-corrected chi connectivity index (χ0v) is 29.2. The van der Waals surface area contributed by atoms with Crippen molar-refractivity contribution in [2.45, 2.75) is 147 Å². The monoisotopic (exact) mass is 828 g/mol. The number of hydrogen-bond donors (Lipinski definition) is 17. The first-order valence-corrected chi connectivity index (χ1v) is 17.4. The van der Waals surface area contributed by atoms with Gasteiger partial charge in [-0.25, -0.2) is 0 Å². The highest BCUT2D eigenvalue weighted by molar-refractivity contribution is 5.56. The van der Waals surface area contributed by atoms with E-state index in [9.17, 15) is 91.6 Å². The first-order valence-electron chi connectivity index (χ1n) is 17.4. The van der Waals surface area contributed by atoms with Gasteiger partial charge in [0.05, 0.1) is 33.0 Å². The van der Waals surface area contributed by atoms with Gasteiger partial charge in [-0.2, -0.15) is 0 Å². The van der Waals surface area contributed by atoms with E-state index in [-0.39, 0.29) is 6.29 Å². The zero-order chi connectivity index (χ0) is 41.8. The molecule has 0 aromatic carbocycles. The predicted octanol–water partition coefficient (Wildman–Crippen LogP) is -12.1. The molecule has 0 aromatic heterocycles. The minimum Gasteiger partial charge on any atom is -0.394 e. The van der Waals surface area contributed by atoms with Gasteiger partial charge >= 0.3 is 0 Å². The molecule has 0 aromatic rings. The summed E-state index contributed by atoms with van der Waals surface area (Å²) in [6.45, 7) is -4.50. The van der Waals surface area contributed by atoms with E-state index in [2.05, 4.69) is 0 Å². The molecule has 4 rings (SSSR count). The highest BCUT2D eigenvalue weighted by atomic mass is 16.8. The summed E-state index contributed by atoms with van der Waals surface area (Å²) in [7, 11) is 0. The summed E-state index contributed by atoms with van der Waals surface area (Å²) in [5.41, 5.74) is 0. The van der Waals surface area contributed by atoms with E-state index >= 15 is 0 Å². The molecule has 0 aliphatic carbocycles. The van der Waals surface area contributed by atoms with Gasteiger partial charge in [0.1, 0.15) is 122 Å². The van der Waals surface area contributed by atoms with Crippen molar-refractivity contribution < 1.29 is 130 Å². The molecule has 56 heavy (non-hydrogen) atoms. The third-order valence-electron chi connectivity index (χ3n) is 9.83. The zero-order valence-electron chi connectivity index (χ0n) is 29.2. The summed E-state index contributed by atoms with van der Waals surface area (Å²) in [5, 5.41) is 175. The van der Waals surface area contributed by atoms with E-state index in [0.29, 0.717) is 0 Å². The Morgan fingerprint density at radius 3 is 1.43 bits per heavy atom. The molecule has 0 unspecified atom stereocenters. The molecule has 0 amide bonds. The van der Waals surface area contributed by atoms with E-state index in [1.165, 1.54) is 0 Å². The molecule has 24 atom stereocenters. The minimum absolute atomic E-state index is 0.137. The minimum atomic E-state index is -2.32. The molecular formula is C30H52O26. The molecule has 4 aliphatic rings. The molecule has 4 aliphatic heterocycles. The summed E-state index contributed by atoms with van der Waals surface area (Å²) in [6.07, 6.45) is -46.2. The highest BCUT2D eigenvalue weighted by Crippen LogP contribution is 2.32. The van der Waals surface area contributed by atoms with Gasteiger partial charge in [-0.3, -0.25) is 0 Å². The van der Waals surface area contributed by atoms with Crippen LogP contribution in [-0.4, -0.2) is 273 Å². The Bertz CT molecular complexity index is 1180. The molecule has 4 saturated heterocycles. The van der Waals surface area contributed by atoms with Crippen LogP contribution in [0.3, 0.4) is 0 Å². The number of ether oxygens (including phenoxy) is 8. The molecule has 0 spiro atoms. The standard InChI is InChI=1S/C30H52O26/c31-1-7(35)25(55-29-22(46)19(43)15(39)10(3-33)52-29)13(37)8(36)5-49-28-24(48)26(56-30-23(47)20(44)16(40)11(4-34)53-30)17(41)12(54-28)6-50-27-21(45)18(42)14(38)9(2-32)51-27/h1,7-30,32-48H,2-6H2/t7-,8-,9-,10-,11-,12-,13-,14-,15-,16-,17-,18+,19+,20+,21+,22+,23+,24+,25-,26+,27+,28+,29-,30-/m1/s1. The van der Waals surface area contributed by atoms with Gasteiger partial charge in [0.15, 0.2) is 31.4 Å². The van der Waals surface area contributed by atoms with Gasteiger partial charge in [-0.05, 0) is 0 Å². The normalized spacial score (nSPS) is 47.2. The lowest BCUT2D eigenvalue weighted by atomic mass is 9.96. The third kappa shape index (κ3) is 10.3. The maximum atomic E-state index is 11.5. The van der Waals surface area contributed by atoms with Gasteiger partial charge in [-0.1, -0.05) is 0 Å². The fourth-order valence-electron chi connectivity index (χ4n) is 6.35. The molecule has 0 bridgehead atoms. The molecule has 328 valence electrons. The molecule has 4 fully saturated rings. The van der Waals surface area contributed by atoms with Crippen molar-refractivity contribution in [3.8, 4) is 0 Å². The number of carbonyl (C=O) groups is 1. The first-order chi connectivity index (χ1) is 26.4. The van der Waals surface area contributed by atoms with E-state index in [1.54, 1.807) is 0 Å². The lowest BCUT2D eigenvalue weighted by Gasteiger charge is -2.46. The van der Waals surface area contributed by atoms with Crippen molar-refractivity contribution in [2.24, 2.45) is 0 Å². The van der Waals surface area contributed by atoms with E-state index in [4.69, 9.17) is 37.9 Å². The lowest BCUT2D eigenvalue weighted by molar-refractivity contribution is -0.368. The Morgan fingerprint density at radius 2 is 0.929 bits per heavy atom. The van der Waals surface area contributed by atoms with Crippen LogP contribution in [-0.2, 0) is 42.7 Å². The number of carbonyl (C=O) groups excluding carboxylic acids is 1. The smallest absolute Gasteiger partial charge is 0.187 e. The fourth-order valence-corrected chi connectivity index (χ4v) is 6.35. The van der Waals surface area contributed by atoms with Gasteiger partial charge in [0, 0.05) is 0 Å². The second-order valence-electron chi connectivity index (χ2n) is 13.7. The highest BCUT2D eigenvalue weighted by Gasteiger charge is 2.53. The Kier molecular flexibility index (Phi) is 17.6. The van der Waals surface area contributed by atoms with Gasteiger partial charge in [0.2, 0.25) is 0 Å². The van der Waals surface area contributed by atoms with Crippen LogP contribution in [0.15, 0.2) is 0 Å². The van der Waals surface area contributed by atoms with Gasteiger partial charge < -0.3 is 130 Å². The molecular weight excluding hydrogens is 776 g/mol. The average molecular weight is 829 g/mol. The third-order valence-corrected chi connectivity index (χ3v) is 9.83. The topological polar surface area (TPSA) is 435 Å². The van der Waals surface area contributed by atoms with Crippen LogP contribution in [0.1, 0.15) is 0 Å².